The minimum Gasteiger partial charge on any atom is -0.351 e. The van der Waals surface area contributed by atoms with E-state index in [-0.39, 0.29) is 0 Å². The smallest absolute Gasteiger partial charge is 0.225 e. The van der Waals surface area contributed by atoms with Gasteiger partial charge in [-0.05, 0) is 50.5 Å². The van der Waals surface area contributed by atoms with Crippen LogP contribution >= 0.6 is 11.6 Å². The number of nitrogens with zero attached hydrogens (tertiary/aromatic N) is 2. The van der Waals surface area contributed by atoms with Crippen molar-refractivity contribution in [2.45, 2.75) is 32.7 Å². The molecule has 104 valence electrons. The first-order chi connectivity index (χ1) is 9.60. The molecule has 2 N–H and O–H groups in total. The third-order valence-corrected chi connectivity index (χ3v) is 3.45. The molecule has 1 saturated carbocycles. The van der Waals surface area contributed by atoms with Crippen molar-refractivity contribution in [1.29, 1.82) is 0 Å². The number of aromatic nitrogens is 2. The average Bonchev–Trinajstić information content (AvgIpc) is 3.16. The first-order valence-electron chi connectivity index (χ1n) is 6.75. The van der Waals surface area contributed by atoms with E-state index in [1.165, 1.54) is 12.8 Å². The number of benzene rings is 1. The Bertz CT molecular complexity index is 638. The first kappa shape index (κ1) is 13.2. The Morgan fingerprint density at radius 1 is 1.15 bits per heavy atom. The van der Waals surface area contributed by atoms with Gasteiger partial charge in [-0.25, -0.2) is 4.98 Å². The highest BCUT2D eigenvalue weighted by atomic mass is 35.5. The molecule has 0 bridgehead atoms. The van der Waals surface area contributed by atoms with Crippen molar-refractivity contribution < 1.29 is 0 Å². The first-order valence-corrected chi connectivity index (χ1v) is 7.13. The van der Waals surface area contributed by atoms with Crippen LogP contribution in [-0.4, -0.2) is 16.0 Å². The summed E-state index contributed by atoms with van der Waals surface area (Å²) in [6, 6.07) is 8.24. The lowest BCUT2D eigenvalue weighted by molar-refractivity contribution is 1.03. The fourth-order valence-electron chi connectivity index (χ4n) is 2.01. The summed E-state index contributed by atoms with van der Waals surface area (Å²) in [6.45, 7) is 3.99. The zero-order valence-corrected chi connectivity index (χ0v) is 12.3. The summed E-state index contributed by atoms with van der Waals surface area (Å²) in [5, 5.41) is 7.39. The lowest BCUT2D eigenvalue weighted by Gasteiger charge is -2.11. The molecule has 4 nitrogen and oxygen atoms in total. The van der Waals surface area contributed by atoms with Crippen LogP contribution in [0.4, 0.5) is 17.5 Å². The second-order valence-electron chi connectivity index (χ2n) is 5.22. The average molecular weight is 289 g/mol. The quantitative estimate of drug-likeness (QED) is 0.890. The van der Waals surface area contributed by atoms with E-state index < -0.39 is 0 Å². The van der Waals surface area contributed by atoms with Gasteiger partial charge in [0, 0.05) is 28.5 Å². The molecule has 0 amide bonds. The topological polar surface area (TPSA) is 49.8 Å². The summed E-state index contributed by atoms with van der Waals surface area (Å²) in [5.41, 5.74) is 3.03. The van der Waals surface area contributed by atoms with Crippen LogP contribution in [0.25, 0.3) is 0 Å². The molecule has 1 aliphatic rings. The van der Waals surface area contributed by atoms with Gasteiger partial charge in [0.1, 0.15) is 5.82 Å². The van der Waals surface area contributed by atoms with Crippen LogP contribution in [0.15, 0.2) is 24.3 Å². The predicted octanol–water partition coefficient (Wildman–Crippen LogP) is 4.06. The molecule has 0 radical (unpaired) electrons. The molecular weight excluding hydrogens is 272 g/mol. The summed E-state index contributed by atoms with van der Waals surface area (Å²) in [5.74, 6) is 1.49. The van der Waals surface area contributed by atoms with E-state index in [1.807, 2.05) is 38.1 Å². The van der Waals surface area contributed by atoms with Gasteiger partial charge in [-0.1, -0.05) is 11.6 Å². The summed E-state index contributed by atoms with van der Waals surface area (Å²) < 4.78 is 0. The molecule has 1 aromatic carbocycles. The summed E-state index contributed by atoms with van der Waals surface area (Å²) in [6.07, 6.45) is 2.41. The molecule has 5 heteroatoms. The van der Waals surface area contributed by atoms with Crippen molar-refractivity contribution >= 4 is 29.1 Å². The largest absolute Gasteiger partial charge is 0.351 e. The Kier molecular flexibility index (Phi) is 3.49. The summed E-state index contributed by atoms with van der Waals surface area (Å²) >= 11 is 5.97. The van der Waals surface area contributed by atoms with Crippen LogP contribution in [0, 0.1) is 13.8 Å². The Labute approximate surface area is 123 Å². The van der Waals surface area contributed by atoms with Crippen LogP contribution < -0.4 is 10.6 Å². The third-order valence-electron chi connectivity index (χ3n) is 3.22. The zero-order chi connectivity index (χ0) is 14.1. The Morgan fingerprint density at radius 3 is 2.65 bits per heavy atom. The highest BCUT2D eigenvalue weighted by Crippen LogP contribution is 2.26. The molecule has 20 heavy (non-hydrogen) atoms. The zero-order valence-electron chi connectivity index (χ0n) is 11.6. The molecule has 0 saturated heterocycles. The van der Waals surface area contributed by atoms with Crippen LogP contribution in [0.1, 0.15) is 24.1 Å². The van der Waals surface area contributed by atoms with Gasteiger partial charge in [-0.15, -0.1) is 0 Å². The van der Waals surface area contributed by atoms with Gasteiger partial charge in [0.05, 0.1) is 0 Å². The van der Waals surface area contributed by atoms with E-state index in [0.717, 1.165) is 27.8 Å². The van der Waals surface area contributed by atoms with Crippen molar-refractivity contribution in [3.63, 3.8) is 0 Å². The van der Waals surface area contributed by atoms with Gasteiger partial charge in [0.2, 0.25) is 5.95 Å². The van der Waals surface area contributed by atoms with E-state index in [2.05, 4.69) is 20.6 Å². The Hall–Kier alpha value is -1.81. The van der Waals surface area contributed by atoms with Crippen molar-refractivity contribution in [3.8, 4) is 0 Å². The fourth-order valence-corrected chi connectivity index (χ4v) is 2.24. The normalized spacial score (nSPS) is 14.2. The van der Waals surface area contributed by atoms with Crippen molar-refractivity contribution in [1.82, 2.24) is 9.97 Å². The maximum Gasteiger partial charge on any atom is 0.225 e. The molecule has 1 aromatic heterocycles. The van der Waals surface area contributed by atoms with Crippen LogP contribution in [0.2, 0.25) is 5.02 Å². The number of nitrogens with one attached hydrogen (secondary N) is 2. The molecule has 2 aromatic rings. The molecule has 3 rings (SSSR count). The van der Waals surface area contributed by atoms with Gasteiger partial charge < -0.3 is 10.6 Å². The molecule has 1 aliphatic carbocycles. The van der Waals surface area contributed by atoms with Crippen molar-refractivity contribution in [2.75, 3.05) is 10.6 Å². The Balaban J connectivity index is 1.83. The molecule has 1 fully saturated rings. The lowest BCUT2D eigenvalue weighted by Crippen LogP contribution is -2.08. The number of hydrogen-bond donors (Lipinski definition) is 2. The highest BCUT2D eigenvalue weighted by Gasteiger charge is 2.22. The van der Waals surface area contributed by atoms with Gasteiger partial charge in [0.15, 0.2) is 0 Å². The number of halogens is 1. The predicted molar refractivity (Wildman–Crippen MR) is 82.9 cm³/mol. The summed E-state index contributed by atoms with van der Waals surface area (Å²) in [4.78, 5) is 8.92. The highest BCUT2D eigenvalue weighted by molar-refractivity contribution is 6.30. The number of aryl methyl sites for hydroxylation is 2. The molecule has 0 atom stereocenters. The van der Waals surface area contributed by atoms with Crippen molar-refractivity contribution in [2.24, 2.45) is 0 Å². The van der Waals surface area contributed by atoms with Crippen LogP contribution in [-0.2, 0) is 0 Å². The van der Waals surface area contributed by atoms with Crippen LogP contribution in [0.3, 0.4) is 0 Å². The van der Waals surface area contributed by atoms with Crippen molar-refractivity contribution in [3.05, 3.63) is 40.5 Å². The number of rotatable bonds is 4. The molecule has 0 unspecified atom stereocenters. The van der Waals surface area contributed by atoms with E-state index in [9.17, 15) is 0 Å². The van der Waals surface area contributed by atoms with Gasteiger partial charge in [-0.2, -0.15) is 4.98 Å². The van der Waals surface area contributed by atoms with E-state index in [4.69, 9.17) is 11.6 Å². The number of anilines is 3. The Morgan fingerprint density at radius 2 is 1.95 bits per heavy atom. The standard InChI is InChI=1S/C15H17ClN4/c1-9-7-11(16)3-6-13(9)19-14-8-10(2)17-15(20-14)18-12-4-5-12/h3,6-8,12H,4-5H2,1-2H3,(H2,17,18,19,20). The fraction of sp³-hybridized carbons (Fsp3) is 0.333. The second kappa shape index (κ2) is 5.29. The maximum atomic E-state index is 5.97. The van der Waals surface area contributed by atoms with Crippen LogP contribution in [0.5, 0.6) is 0 Å². The van der Waals surface area contributed by atoms with E-state index in [1.54, 1.807) is 0 Å². The minimum absolute atomic E-state index is 0.543. The van der Waals surface area contributed by atoms with Gasteiger partial charge in [-0.3, -0.25) is 0 Å². The third kappa shape index (κ3) is 3.20. The van der Waals surface area contributed by atoms with E-state index in [0.29, 0.717) is 12.0 Å². The summed E-state index contributed by atoms with van der Waals surface area (Å²) in [7, 11) is 0. The van der Waals surface area contributed by atoms with E-state index >= 15 is 0 Å². The maximum absolute atomic E-state index is 5.97. The molecule has 0 aliphatic heterocycles. The second-order valence-corrected chi connectivity index (χ2v) is 5.66. The molecular formula is C15H17ClN4. The number of hydrogen-bond acceptors (Lipinski definition) is 4. The minimum atomic E-state index is 0.543. The molecule has 1 heterocycles. The van der Waals surface area contributed by atoms with Gasteiger partial charge in [0.25, 0.3) is 0 Å². The lowest BCUT2D eigenvalue weighted by atomic mass is 10.2. The van der Waals surface area contributed by atoms with Gasteiger partial charge >= 0.3 is 0 Å². The SMILES string of the molecule is Cc1cc(Nc2ccc(Cl)cc2C)nc(NC2CC2)n1. The monoisotopic (exact) mass is 288 g/mol. The molecule has 0 spiro atoms.